The first-order valence-electron chi connectivity index (χ1n) is 9.48. The Labute approximate surface area is 196 Å². The van der Waals surface area contributed by atoms with E-state index >= 15 is 0 Å². The molecule has 1 saturated heterocycles. The van der Waals surface area contributed by atoms with Gasteiger partial charge in [0.05, 0.1) is 12.2 Å². The number of aromatic nitrogens is 1. The van der Waals surface area contributed by atoms with Crippen LogP contribution in [0.3, 0.4) is 0 Å². The van der Waals surface area contributed by atoms with Gasteiger partial charge in [-0.25, -0.2) is 0 Å². The fraction of sp³-hybridized carbons (Fsp3) is 0.136. The molecule has 0 atom stereocenters. The summed E-state index contributed by atoms with van der Waals surface area (Å²) >= 11 is 9.54. The van der Waals surface area contributed by atoms with Crippen LogP contribution in [0.2, 0.25) is 0 Å². The molecule has 1 amide bonds. The number of para-hydroxylation sites is 1. The molecule has 3 aromatic rings. The van der Waals surface area contributed by atoms with Crippen LogP contribution in [-0.4, -0.2) is 33.8 Å². The number of thioether (sulfide) groups is 2. The highest BCUT2D eigenvalue weighted by Crippen LogP contribution is 2.45. The molecule has 9 heteroatoms. The van der Waals surface area contributed by atoms with Gasteiger partial charge in [0.25, 0.3) is 11.5 Å². The van der Waals surface area contributed by atoms with Gasteiger partial charge in [0, 0.05) is 19.0 Å². The van der Waals surface area contributed by atoms with Crippen LogP contribution in [0.15, 0.2) is 64.3 Å². The molecule has 0 bridgehead atoms. The molecule has 156 valence electrons. The highest BCUT2D eigenvalue weighted by molar-refractivity contribution is 8.30. The van der Waals surface area contributed by atoms with Crippen molar-refractivity contribution in [2.75, 3.05) is 19.0 Å². The van der Waals surface area contributed by atoms with Crippen molar-refractivity contribution in [2.45, 2.75) is 11.4 Å². The Morgan fingerprint density at radius 1 is 0.903 bits per heavy atom. The summed E-state index contributed by atoms with van der Waals surface area (Å²) in [5.41, 5.74) is 1.99. The Hall–Kier alpha value is -2.33. The number of fused-ring (bicyclic) bond motifs is 1. The van der Waals surface area contributed by atoms with E-state index < -0.39 is 0 Å². The largest absolute Gasteiger partial charge is 0.337 e. The number of thiocarbonyl (C=S) groups is 1. The zero-order valence-corrected chi connectivity index (χ0v) is 20.0. The van der Waals surface area contributed by atoms with Crippen molar-refractivity contribution in [3.63, 3.8) is 0 Å². The van der Waals surface area contributed by atoms with E-state index in [1.807, 2.05) is 55.6 Å². The zero-order chi connectivity index (χ0) is 21.7. The Bertz CT molecular complexity index is 1410. The third kappa shape index (κ3) is 3.45. The second kappa shape index (κ2) is 7.98. The van der Waals surface area contributed by atoms with E-state index in [2.05, 4.69) is 11.0 Å². The van der Waals surface area contributed by atoms with Crippen molar-refractivity contribution in [2.24, 2.45) is 0 Å². The Kier molecular flexibility index (Phi) is 5.29. The van der Waals surface area contributed by atoms with E-state index in [1.165, 1.54) is 28.0 Å². The molecule has 0 unspecified atom stereocenters. The Morgan fingerprint density at radius 2 is 1.61 bits per heavy atom. The number of thiazole rings is 1. The smallest absolute Gasteiger partial charge is 0.272 e. The SMILES string of the molecule is CN1C(=O)/C(=c2/s/c(=C3\Sc4ccccc4N3C)c(=O)n2Cc2ccccc2)SC1=S. The lowest BCUT2D eigenvalue weighted by Gasteiger charge is -2.11. The summed E-state index contributed by atoms with van der Waals surface area (Å²) in [6, 6.07) is 17.9. The van der Waals surface area contributed by atoms with Crippen molar-refractivity contribution in [1.29, 1.82) is 0 Å². The third-order valence-corrected chi connectivity index (χ3v) is 9.38. The second-order valence-electron chi connectivity index (χ2n) is 7.11. The molecule has 5 rings (SSSR count). The van der Waals surface area contributed by atoms with Crippen LogP contribution in [0.25, 0.3) is 9.93 Å². The maximum absolute atomic E-state index is 13.6. The number of amides is 1. The minimum absolute atomic E-state index is 0.0904. The topological polar surface area (TPSA) is 45.6 Å². The van der Waals surface area contributed by atoms with Gasteiger partial charge in [-0.3, -0.25) is 19.1 Å². The molecule has 2 aliphatic heterocycles. The molecule has 2 aliphatic rings. The monoisotopic (exact) mass is 483 g/mol. The zero-order valence-electron chi connectivity index (χ0n) is 16.7. The van der Waals surface area contributed by atoms with E-state index in [0.29, 0.717) is 25.0 Å². The molecule has 31 heavy (non-hydrogen) atoms. The summed E-state index contributed by atoms with van der Waals surface area (Å²) in [6.45, 7) is 0.397. The number of anilines is 1. The van der Waals surface area contributed by atoms with Gasteiger partial charge in [-0.15, -0.1) is 11.3 Å². The summed E-state index contributed by atoms with van der Waals surface area (Å²) in [6.07, 6.45) is 0. The van der Waals surface area contributed by atoms with E-state index in [0.717, 1.165) is 21.2 Å². The summed E-state index contributed by atoms with van der Waals surface area (Å²) in [7, 11) is 3.64. The van der Waals surface area contributed by atoms with Crippen molar-refractivity contribution < 1.29 is 4.79 Å². The van der Waals surface area contributed by atoms with Gasteiger partial charge in [0.1, 0.15) is 23.4 Å². The summed E-state index contributed by atoms with van der Waals surface area (Å²) < 4.78 is 3.50. The lowest BCUT2D eigenvalue weighted by atomic mass is 10.2. The first-order chi connectivity index (χ1) is 15.0. The number of hydrogen-bond donors (Lipinski definition) is 0. The van der Waals surface area contributed by atoms with Crippen LogP contribution in [0, 0.1) is 0 Å². The molecule has 0 spiro atoms. The van der Waals surface area contributed by atoms with Gasteiger partial charge in [-0.05, 0) is 17.7 Å². The fourth-order valence-corrected chi connectivity index (χ4v) is 7.28. The van der Waals surface area contributed by atoms with Crippen LogP contribution < -0.4 is 19.7 Å². The molecule has 3 heterocycles. The highest BCUT2D eigenvalue weighted by atomic mass is 32.2. The number of benzene rings is 2. The van der Waals surface area contributed by atoms with Crippen molar-refractivity contribution in [3.8, 4) is 0 Å². The van der Waals surface area contributed by atoms with E-state index in [1.54, 1.807) is 23.4 Å². The van der Waals surface area contributed by atoms with Gasteiger partial charge in [-0.2, -0.15) is 0 Å². The average molecular weight is 484 g/mol. The lowest BCUT2D eigenvalue weighted by Crippen LogP contribution is -2.35. The minimum atomic E-state index is -0.162. The molecule has 5 nitrogen and oxygen atoms in total. The second-order valence-corrected chi connectivity index (χ2v) is 10.8. The molecule has 1 fully saturated rings. The standard InChI is InChI=1S/C22H17N3O2S4/c1-23-14-10-6-7-11-15(14)29-20(23)17-19(27)25(12-13-8-4-3-5-9-13)21(30-17)16-18(26)24(2)22(28)31-16/h3-11H,12H2,1-2H3/b20-17-,21-16-. The minimum Gasteiger partial charge on any atom is -0.337 e. The molecule has 0 radical (unpaired) electrons. The Morgan fingerprint density at radius 3 is 2.29 bits per heavy atom. The number of rotatable bonds is 2. The van der Waals surface area contributed by atoms with Gasteiger partial charge in [0.2, 0.25) is 0 Å². The first kappa shape index (κ1) is 20.6. The first-order valence-corrected chi connectivity index (χ1v) is 12.3. The predicted octanol–water partition coefficient (Wildman–Crippen LogP) is 2.86. The van der Waals surface area contributed by atoms with Crippen LogP contribution in [0.5, 0.6) is 0 Å². The fourth-order valence-electron chi connectivity index (χ4n) is 3.49. The van der Waals surface area contributed by atoms with E-state index in [4.69, 9.17) is 12.2 Å². The predicted molar refractivity (Wildman–Crippen MR) is 134 cm³/mol. The maximum atomic E-state index is 13.6. The van der Waals surface area contributed by atoms with Gasteiger partial charge >= 0.3 is 0 Å². The number of nitrogens with zero attached hydrogens (tertiary/aromatic N) is 3. The summed E-state index contributed by atoms with van der Waals surface area (Å²) in [5, 5.41) is 0.885. The van der Waals surface area contributed by atoms with Crippen LogP contribution in [-0.2, 0) is 11.3 Å². The highest BCUT2D eigenvalue weighted by Gasteiger charge is 2.32. The molecule has 1 aromatic heterocycles. The van der Waals surface area contributed by atoms with Crippen molar-refractivity contribution in [3.05, 3.63) is 79.7 Å². The third-order valence-electron chi connectivity index (χ3n) is 5.16. The van der Waals surface area contributed by atoms with Gasteiger partial charge in [-0.1, -0.05) is 78.2 Å². The number of carbonyl (C=O) groups excluding carboxylic acids is 1. The quantitative estimate of drug-likeness (QED) is 0.523. The van der Waals surface area contributed by atoms with Crippen molar-refractivity contribution in [1.82, 2.24) is 9.47 Å². The van der Waals surface area contributed by atoms with Crippen LogP contribution >= 0.6 is 47.1 Å². The van der Waals surface area contributed by atoms with Gasteiger partial charge in [0.15, 0.2) is 0 Å². The molecule has 0 N–H and O–H groups in total. The molecular formula is C22H17N3O2S4. The summed E-state index contributed by atoms with van der Waals surface area (Å²) in [5.74, 6) is -0.162. The summed E-state index contributed by atoms with van der Waals surface area (Å²) in [4.78, 5) is 31.6. The van der Waals surface area contributed by atoms with E-state index in [9.17, 15) is 9.59 Å². The number of carbonyl (C=O) groups is 1. The van der Waals surface area contributed by atoms with Gasteiger partial charge < -0.3 is 4.90 Å². The number of hydrogen-bond acceptors (Lipinski definition) is 7. The molecule has 0 aliphatic carbocycles. The van der Waals surface area contributed by atoms with E-state index in [-0.39, 0.29) is 11.5 Å². The van der Waals surface area contributed by atoms with Crippen LogP contribution in [0.4, 0.5) is 5.69 Å². The van der Waals surface area contributed by atoms with Crippen LogP contribution in [0.1, 0.15) is 5.56 Å². The molecule has 0 saturated carbocycles. The lowest BCUT2D eigenvalue weighted by molar-refractivity contribution is -0.119. The van der Waals surface area contributed by atoms with Crippen molar-refractivity contribution >= 4 is 72.9 Å². The normalized spacial score (nSPS) is 19.4. The Balaban J connectivity index is 1.78. The molecular weight excluding hydrogens is 467 g/mol. The maximum Gasteiger partial charge on any atom is 0.272 e. The average Bonchev–Trinajstić information content (AvgIpc) is 3.37. The molecule has 2 aromatic carbocycles.